The molecule has 0 saturated carbocycles. The highest BCUT2D eigenvalue weighted by Gasteiger charge is 2.08. The van der Waals surface area contributed by atoms with Crippen molar-refractivity contribution in [3.63, 3.8) is 0 Å². The fraction of sp³-hybridized carbons (Fsp3) is 0.500. The van der Waals surface area contributed by atoms with Gasteiger partial charge in [-0.2, -0.15) is 5.26 Å². The summed E-state index contributed by atoms with van der Waals surface area (Å²) >= 11 is 0. The zero-order valence-electron chi connectivity index (χ0n) is 5.92. The predicted octanol–water partition coefficient (Wildman–Crippen LogP) is 1.13. The Bertz CT molecular complexity index is 194. The third-order valence-electron chi connectivity index (χ3n) is 1.24. The molecule has 0 amide bonds. The van der Waals surface area contributed by atoms with Gasteiger partial charge >= 0.3 is 0 Å². The number of hydrogen-bond donors (Lipinski definition) is 0. The number of terminal acetylenes is 1. The van der Waals surface area contributed by atoms with E-state index in [1.807, 2.05) is 6.07 Å². The monoisotopic (exact) mass is 135 g/mol. The standard InChI is InChI=1S/C8H9NO/c1-3-8(7(2)10)5-4-6-9/h1,8H,4-5H2,2H3. The molecule has 0 rings (SSSR count). The van der Waals surface area contributed by atoms with Crippen molar-refractivity contribution in [2.75, 3.05) is 0 Å². The molecule has 2 nitrogen and oxygen atoms in total. The van der Waals surface area contributed by atoms with E-state index < -0.39 is 0 Å². The van der Waals surface area contributed by atoms with Crippen LogP contribution in [0.4, 0.5) is 0 Å². The third kappa shape index (κ3) is 2.89. The first-order chi connectivity index (χ1) is 4.72. The maximum Gasteiger partial charge on any atom is 0.144 e. The molecular formula is C8H9NO. The summed E-state index contributed by atoms with van der Waals surface area (Å²) in [5, 5.41) is 8.16. The van der Waals surface area contributed by atoms with E-state index in [1.165, 1.54) is 6.92 Å². The fourth-order valence-corrected chi connectivity index (χ4v) is 0.613. The van der Waals surface area contributed by atoms with Crippen LogP contribution >= 0.6 is 0 Å². The van der Waals surface area contributed by atoms with Gasteiger partial charge in [0.05, 0.1) is 12.0 Å². The van der Waals surface area contributed by atoms with Gasteiger partial charge in [-0.3, -0.25) is 4.79 Å². The third-order valence-corrected chi connectivity index (χ3v) is 1.24. The molecule has 52 valence electrons. The zero-order valence-corrected chi connectivity index (χ0v) is 5.92. The van der Waals surface area contributed by atoms with Crippen LogP contribution < -0.4 is 0 Å². The SMILES string of the molecule is C#CC(CCC#N)C(C)=O. The first-order valence-electron chi connectivity index (χ1n) is 3.06. The molecule has 2 heteroatoms. The topological polar surface area (TPSA) is 40.9 Å². The molecule has 0 saturated heterocycles. The first-order valence-corrected chi connectivity index (χ1v) is 3.06. The van der Waals surface area contributed by atoms with Crippen LogP contribution in [0.5, 0.6) is 0 Å². The number of hydrogen-bond acceptors (Lipinski definition) is 2. The molecule has 0 fully saturated rings. The number of Topliss-reactive ketones (excluding diaryl/α,β-unsaturated/α-hetero) is 1. The first kappa shape index (κ1) is 8.72. The molecule has 0 bridgehead atoms. The van der Waals surface area contributed by atoms with Crippen LogP contribution in [0.15, 0.2) is 0 Å². The van der Waals surface area contributed by atoms with Gasteiger partial charge in [-0.25, -0.2) is 0 Å². The average molecular weight is 135 g/mol. The smallest absolute Gasteiger partial charge is 0.144 e. The van der Waals surface area contributed by atoms with Gasteiger partial charge in [0, 0.05) is 6.42 Å². The van der Waals surface area contributed by atoms with E-state index in [2.05, 4.69) is 5.92 Å². The Morgan fingerprint density at radius 3 is 2.70 bits per heavy atom. The Hall–Kier alpha value is -1.28. The maximum absolute atomic E-state index is 10.6. The van der Waals surface area contributed by atoms with Crippen LogP contribution in [0.2, 0.25) is 0 Å². The number of rotatable bonds is 3. The second kappa shape index (κ2) is 4.58. The summed E-state index contributed by atoms with van der Waals surface area (Å²) in [6.07, 6.45) is 5.88. The van der Waals surface area contributed by atoms with Crippen LogP contribution in [0.25, 0.3) is 0 Å². The van der Waals surface area contributed by atoms with Crippen molar-refractivity contribution in [3.8, 4) is 18.4 Å². The van der Waals surface area contributed by atoms with Crippen molar-refractivity contribution < 1.29 is 4.79 Å². The predicted molar refractivity (Wildman–Crippen MR) is 37.9 cm³/mol. The summed E-state index contributed by atoms with van der Waals surface area (Å²) in [7, 11) is 0. The molecule has 1 atom stereocenters. The van der Waals surface area contributed by atoms with Gasteiger partial charge in [0.15, 0.2) is 0 Å². The van der Waals surface area contributed by atoms with E-state index in [0.29, 0.717) is 12.8 Å². The van der Waals surface area contributed by atoms with Gasteiger partial charge in [-0.15, -0.1) is 6.42 Å². The van der Waals surface area contributed by atoms with Crippen molar-refractivity contribution >= 4 is 5.78 Å². The molecule has 0 aromatic heterocycles. The Morgan fingerprint density at radius 1 is 1.80 bits per heavy atom. The van der Waals surface area contributed by atoms with Crippen LogP contribution in [-0.2, 0) is 4.79 Å². The van der Waals surface area contributed by atoms with E-state index in [9.17, 15) is 4.79 Å². The van der Waals surface area contributed by atoms with Crippen molar-refractivity contribution in [2.24, 2.45) is 5.92 Å². The molecule has 10 heavy (non-hydrogen) atoms. The van der Waals surface area contributed by atoms with Crippen molar-refractivity contribution in [3.05, 3.63) is 0 Å². The molecule has 0 N–H and O–H groups in total. The summed E-state index contributed by atoms with van der Waals surface area (Å²) in [6.45, 7) is 1.45. The number of nitrogens with zero attached hydrogens (tertiary/aromatic N) is 1. The molecule has 0 aromatic rings. The van der Waals surface area contributed by atoms with Crippen molar-refractivity contribution in [1.82, 2.24) is 0 Å². The lowest BCUT2D eigenvalue weighted by Gasteiger charge is -2.00. The summed E-state index contributed by atoms with van der Waals surface area (Å²) in [5.74, 6) is 1.94. The normalized spacial score (nSPS) is 11.1. The van der Waals surface area contributed by atoms with E-state index in [4.69, 9.17) is 11.7 Å². The largest absolute Gasteiger partial charge is 0.299 e. The van der Waals surface area contributed by atoms with Crippen molar-refractivity contribution in [2.45, 2.75) is 19.8 Å². The minimum Gasteiger partial charge on any atom is -0.299 e. The number of ketones is 1. The van der Waals surface area contributed by atoms with Gasteiger partial charge in [-0.05, 0) is 13.3 Å². The molecule has 0 radical (unpaired) electrons. The van der Waals surface area contributed by atoms with E-state index in [-0.39, 0.29) is 11.7 Å². The van der Waals surface area contributed by atoms with Crippen LogP contribution in [-0.4, -0.2) is 5.78 Å². The maximum atomic E-state index is 10.6. The van der Waals surface area contributed by atoms with Gasteiger partial charge in [-0.1, -0.05) is 5.92 Å². The zero-order chi connectivity index (χ0) is 7.98. The second-order valence-electron chi connectivity index (χ2n) is 2.03. The van der Waals surface area contributed by atoms with E-state index >= 15 is 0 Å². The molecule has 0 aromatic carbocycles. The highest BCUT2D eigenvalue weighted by atomic mass is 16.1. The van der Waals surface area contributed by atoms with Crippen molar-refractivity contribution in [1.29, 1.82) is 5.26 Å². The van der Waals surface area contributed by atoms with Gasteiger partial charge in [0.25, 0.3) is 0 Å². The molecule has 0 aliphatic heterocycles. The van der Waals surface area contributed by atoms with E-state index in [0.717, 1.165) is 0 Å². The molecule has 0 heterocycles. The molecule has 0 aliphatic rings. The van der Waals surface area contributed by atoms with Gasteiger partial charge in [0.2, 0.25) is 0 Å². The lowest BCUT2D eigenvalue weighted by atomic mass is 10.0. The number of carbonyl (C=O) groups is 1. The number of carbonyl (C=O) groups excluding carboxylic acids is 1. The van der Waals surface area contributed by atoms with Crippen LogP contribution in [0.3, 0.4) is 0 Å². The molecular weight excluding hydrogens is 126 g/mol. The summed E-state index contributed by atoms with van der Waals surface area (Å²) < 4.78 is 0. The lowest BCUT2D eigenvalue weighted by Crippen LogP contribution is -2.07. The lowest BCUT2D eigenvalue weighted by molar-refractivity contribution is -0.119. The summed E-state index contributed by atoms with van der Waals surface area (Å²) in [4.78, 5) is 10.6. The Morgan fingerprint density at radius 2 is 2.40 bits per heavy atom. The van der Waals surface area contributed by atoms with Crippen LogP contribution in [0, 0.1) is 29.6 Å². The highest BCUT2D eigenvalue weighted by Crippen LogP contribution is 2.04. The second-order valence-corrected chi connectivity index (χ2v) is 2.03. The minimum atomic E-state index is -0.361. The van der Waals surface area contributed by atoms with Gasteiger partial charge in [0.1, 0.15) is 5.78 Å². The highest BCUT2D eigenvalue weighted by molar-refractivity contribution is 5.80. The Balaban J connectivity index is 3.78. The Kier molecular flexibility index (Phi) is 4.00. The summed E-state index contributed by atoms with van der Waals surface area (Å²) in [6, 6.07) is 1.94. The summed E-state index contributed by atoms with van der Waals surface area (Å²) in [5.41, 5.74) is 0. The van der Waals surface area contributed by atoms with Crippen LogP contribution in [0.1, 0.15) is 19.8 Å². The fourth-order valence-electron chi connectivity index (χ4n) is 0.613. The minimum absolute atomic E-state index is 0.0299. The number of nitriles is 1. The average Bonchev–Trinajstić information content (AvgIpc) is 1.89. The van der Waals surface area contributed by atoms with E-state index in [1.54, 1.807) is 0 Å². The molecule has 0 spiro atoms. The molecule has 1 unspecified atom stereocenters. The quantitative estimate of drug-likeness (QED) is 0.544. The van der Waals surface area contributed by atoms with Gasteiger partial charge < -0.3 is 0 Å². The Labute approximate surface area is 60.8 Å². The molecule has 0 aliphatic carbocycles.